The summed E-state index contributed by atoms with van der Waals surface area (Å²) in [6.07, 6.45) is 0.324. The summed E-state index contributed by atoms with van der Waals surface area (Å²) in [5.74, 6) is 0.295. The Bertz CT molecular complexity index is 137. The van der Waals surface area contributed by atoms with Gasteiger partial charge in [0.25, 0.3) is 0 Å². The van der Waals surface area contributed by atoms with Gasteiger partial charge in [-0.25, -0.2) is 0 Å². The summed E-state index contributed by atoms with van der Waals surface area (Å²) >= 11 is 0. The first-order valence-corrected chi connectivity index (χ1v) is 4.87. The first-order valence-electron chi connectivity index (χ1n) is 4.87. The molecule has 0 radical (unpaired) electrons. The normalized spacial score (nSPS) is 18.5. The fourth-order valence-corrected chi connectivity index (χ4v) is 0.958. The summed E-state index contributed by atoms with van der Waals surface area (Å²) in [6.45, 7) is 9.91. The lowest BCUT2D eigenvalue weighted by Gasteiger charge is -2.32. The second kappa shape index (κ2) is 3.95. The third kappa shape index (κ3) is 4.60. The van der Waals surface area contributed by atoms with Crippen LogP contribution >= 0.6 is 0 Å². The van der Waals surface area contributed by atoms with Crippen molar-refractivity contribution in [2.45, 2.75) is 58.2 Å². The van der Waals surface area contributed by atoms with Crippen LogP contribution in [0.1, 0.15) is 41.0 Å². The number of aliphatic hydroxyl groups excluding tert-OH is 1. The van der Waals surface area contributed by atoms with Gasteiger partial charge in [0.05, 0.1) is 0 Å². The van der Waals surface area contributed by atoms with E-state index in [-0.39, 0.29) is 17.2 Å². The molecule has 0 saturated heterocycles. The lowest BCUT2D eigenvalue weighted by molar-refractivity contribution is -0.485. The fraction of sp³-hybridized carbons (Fsp3) is 1.00. The second-order valence-electron chi connectivity index (χ2n) is 5.46. The molecule has 0 fully saturated rings. The molecule has 0 aliphatic heterocycles. The largest absolute Gasteiger partial charge is 0.387 e. The van der Waals surface area contributed by atoms with Crippen LogP contribution in [0.15, 0.2) is 0 Å². The number of quaternary nitrogens is 1. The molecule has 80 valence electrons. The van der Waals surface area contributed by atoms with Crippen LogP contribution in [0.4, 0.5) is 0 Å². The zero-order chi connectivity index (χ0) is 10.9. The summed E-state index contributed by atoms with van der Waals surface area (Å²) in [6, 6.07) is 0. The topological polar surface area (TPSA) is 73.9 Å². The quantitative estimate of drug-likeness (QED) is 0.588. The van der Waals surface area contributed by atoms with Crippen LogP contribution in [-0.4, -0.2) is 22.3 Å². The summed E-state index contributed by atoms with van der Waals surface area (Å²) in [5.41, 5.74) is 9.33. The van der Waals surface area contributed by atoms with Crippen molar-refractivity contribution < 1.29 is 10.8 Å². The van der Waals surface area contributed by atoms with Crippen LogP contribution in [0.3, 0.4) is 0 Å². The van der Waals surface area contributed by atoms with Crippen LogP contribution in [0.25, 0.3) is 0 Å². The molecule has 0 rings (SSSR count). The van der Waals surface area contributed by atoms with Gasteiger partial charge in [0.15, 0.2) is 0 Å². The number of hydrogen-bond acceptors (Lipinski definition) is 2. The highest BCUT2D eigenvalue weighted by Gasteiger charge is 2.31. The number of rotatable bonds is 4. The van der Waals surface area contributed by atoms with Gasteiger partial charge < -0.3 is 16.6 Å². The van der Waals surface area contributed by atoms with Gasteiger partial charge in [0.2, 0.25) is 0 Å². The van der Waals surface area contributed by atoms with Crippen LogP contribution in [0.2, 0.25) is 0 Å². The van der Waals surface area contributed by atoms with E-state index < -0.39 is 0 Å². The van der Waals surface area contributed by atoms with E-state index in [1.165, 1.54) is 0 Å². The molecular weight excluding hydrogens is 164 g/mol. The number of hydrogen-bond donors (Lipinski definition) is 3. The van der Waals surface area contributed by atoms with Gasteiger partial charge in [0, 0.05) is 5.54 Å². The summed E-state index contributed by atoms with van der Waals surface area (Å²) in [4.78, 5) is 0. The first-order chi connectivity index (χ1) is 5.55. The maximum absolute atomic E-state index is 9.80. The molecule has 13 heavy (non-hydrogen) atoms. The van der Waals surface area contributed by atoms with Crippen LogP contribution in [0.5, 0.6) is 0 Å². The molecule has 0 aromatic rings. The molecule has 0 aromatic carbocycles. The molecule has 3 nitrogen and oxygen atoms in total. The van der Waals surface area contributed by atoms with Crippen molar-refractivity contribution in [2.75, 3.05) is 0 Å². The molecule has 6 N–H and O–H groups in total. The Morgan fingerprint density at radius 3 is 1.92 bits per heavy atom. The monoisotopic (exact) mass is 189 g/mol. The Balaban J connectivity index is 4.15. The van der Waals surface area contributed by atoms with Crippen molar-refractivity contribution >= 4 is 0 Å². The average Bonchev–Trinajstić information content (AvgIpc) is 1.82. The maximum Gasteiger partial charge on any atom is 0.115 e. The third-order valence-electron chi connectivity index (χ3n) is 2.75. The standard InChI is InChI=1S/C10H24N2O/c1-7(9(2,3)11)6-8(13)10(4,5)12/h7-8,13H,6,11-12H2,1-5H3/p+1. The summed E-state index contributed by atoms with van der Waals surface area (Å²) < 4.78 is 0. The highest BCUT2D eigenvalue weighted by atomic mass is 16.3. The molecule has 0 aliphatic carbocycles. The molecule has 3 heteroatoms. The zero-order valence-corrected chi connectivity index (χ0v) is 9.59. The van der Waals surface area contributed by atoms with Crippen LogP contribution in [0, 0.1) is 5.92 Å². The molecule has 0 saturated carbocycles. The predicted octanol–water partition coefficient (Wildman–Crippen LogP) is 0.131. The molecule has 2 atom stereocenters. The molecule has 0 aromatic heterocycles. The van der Waals surface area contributed by atoms with E-state index >= 15 is 0 Å². The fourth-order valence-electron chi connectivity index (χ4n) is 0.958. The highest BCUT2D eigenvalue weighted by molar-refractivity contribution is 4.85. The SMILES string of the molecule is CC(CC(O)C(C)(C)[NH3+])C(C)(C)N. The second-order valence-corrected chi connectivity index (χ2v) is 5.46. The minimum Gasteiger partial charge on any atom is -0.387 e. The van der Waals surface area contributed by atoms with Gasteiger partial charge in [-0.2, -0.15) is 0 Å². The van der Waals surface area contributed by atoms with Gasteiger partial charge in [-0.1, -0.05) is 6.92 Å². The minimum atomic E-state index is -0.384. The molecule has 2 unspecified atom stereocenters. The molecule has 0 spiro atoms. The lowest BCUT2D eigenvalue weighted by atomic mass is 9.82. The Kier molecular flexibility index (Phi) is 3.91. The van der Waals surface area contributed by atoms with Crippen molar-refractivity contribution in [1.29, 1.82) is 0 Å². The molecule has 0 aliphatic rings. The van der Waals surface area contributed by atoms with E-state index in [2.05, 4.69) is 12.7 Å². The van der Waals surface area contributed by atoms with E-state index in [4.69, 9.17) is 5.73 Å². The van der Waals surface area contributed by atoms with Gasteiger partial charge in [-0.05, 0) is 40.0 Å². The van der Waals surface area contributed by atoms with Gasteiger partial charge in [-0.3, -0.25) is 0 Å². The van der Waals surface area contributed by atoms with Crippen molar-refractivity contribution in [3.05, 3.63) is 0 Å². The highest BCUT2D eigenvalue weighted by Crippen LogP contribution is 2.21. The Hall–Kier alpha value is -0.120. The molecule has 0 heterocycles. The molecular formula is C10H25N2O+. The average molecular weight is 189 g/mol. The van der Waals surface area contributed by atoms with Gasteiger partial charge in [0.1, 0.15) is 11.6 Å². The van der Waals surface area contributed by atoms with Crippen LogP contribution < -0.4 is 11.5 Å². The molecule has 0 amide bonds. The number of aliphatic hydroxyl groups is 1. The van der Waals surface area contributed by atoms with E-state index in [9.17, 15) is 5.11 Å². The Morgan fingerprint density at radius 2 is 1.69 bits per heavy atom. The van der Waals surface area contributed by atoms with E-state index in [1.54, 1.807) is 0 Å². The first kappa shape index (κ1) is 12.9. The van der Waals surface area contributed by atoms with E-state index in [1.807, 2.05) is 27.7 Å². The maximum atomic E-state index is 9.80. The van der Waals surface area contributed by atoms with Crippen LogP contribution in [-0.2, 0) is 0 Å². The van der Waals surface area contributed by atoms with Crippen molar-refractivity contribution in [3.63, 3.8) is 0 Å². The third-order valence-corrected chi connectivity index (χ3v) is 2.75. The zero-order valence-electron chi connectivity index (χ0n) is 9.59. The summed E-state index contributed by atoms with van der Waals surface area (Å²) in [7, 11) is 0. The number of nitrogens with two attached hydrogens (primary N) is 1. The summed E-state index contributed by atoms with van der Waals surface area (Å²) in [5, 5.41) is 9.80. The van der Waals surface area contributed by atoms with E-state index in [0.29, 0.717) is 12.3 Å². The minimum absolute atomic E-state index is 0.230. The Labute approximate surface area is 81.5 Å². The van der Waals surface area contributed by atoms with Crippen molar-refractivity contribution in [2.24, 2.45) is 11.7 Å². The molecule has 0 bridgehead atoms. The predicted molar refractivity (Wildman–Crippen MR) is 55.0 cm³/mol. The van der Waals surface area contributed by atoms with Crippen molar-refractivity contribution in [3.8, 4) is 0 Å². The van der Waals surface area contributed by atoms with E-state index in [0.717, 1.165) is 0 Å². The van der Waals surface area contributed by atoms with Crippen molar-refractivity contribution in [1.82, 2.24) is 0 Å². The Morgan fingerprint density at radius 1 is 1.31 bits per heavy atom. The smallest absolute Gasteiger partial charge is 0.115 e. The van der Waals surface area contributed by atoms with Gasteiger partial charge in [-0.15, -0.1) is 0 Å². The van der Waals surface area contributed by atoms with Gasteiger partial charge >= 0.3 is 0 Å². The lowest BCUT2D eigenvalue weighted by Crippen LogP contribution is -2.74.